The summed E-state index contributed by atoms with van der Waals surface area (Å²) in [6.45, 7) is 9.51. The van der Waals surface area contributed by atoms with E-state index in [2.05, 4.69) is 18.7 Å². The molecule has 0 aromatic carbocycles. The number of aliphatic carboxylic acids is 1. The molecular weight excluding hydrogens is 240 g/mol. The Kier molecular flexibility index (Phi) is 6.27. The fraction of sp³-hybridized carbons (Fsp3) is 0.933. The van der Waals surface area contributed by atoms with Crippen LogP contribution in [0.15, 0.2) is 0 Å². The molecule has 112 valence electrons. The Bertz CT molecular complexity index is 290. The summed E-state index contributed by atoms with van der Waals surface area (Å²) in [6.07, 6.45) is 5.29. The van der Waals surface area contributed by atoms with E-state index in [4.69, 9.17) is 10.8 Å². The van der Waals surface area contributed by atoms with Crippen molar-refractivity contribution in [1.82, 2.24) is 4.90 Å². The molecule has 1 aliphatic rings. The van der Waals surface area contributed by atoms with E-state index in [1.807, 2.05) is 0 Å². The zero-order valence-electron chi connectivity index (χ0n) is 12.7. The number of hydrogen-bond acceptors (Lipinski definition) is 3. The molecule has 0 spiro atoms. The van der Waals surface area contributed by atoms with Gasteiger partial charge in [0.05, 0.1) is 0 Å². The van der Waals surface area contributed by atoms with E-state index >= 15 is 0 Å². The fourth-order valence-electron chi connectivity index (χ4n) is 2.85. The lowest BCUT2D eigenvalue weighted by atomic mass is 9.89. The van der Waals surface area contributed by atoms with Crippen LogP contribution in [0.4, 0.5) is 0 Å². The molecule has 0 aromatic rings. The average molecular weight is 270 g/mol. The van der Waals surface area contributed by atoms with Crippen molar-refractivity contribution in [2.45, 2.75) is 58.4 Å². The second-order valence-corrected chi connectivity index (χ2v) is 6.60. The van der Waals surface area contributed by atoms with Gasteiger partial charge in [-0.2, -0.15) is 0 Å². The SMILES string of the molecule is CC(C)C1CCCN(CCCC(C)(N)C(=O)O)CC1. The van der Waals surface area contributed by atoms with E-state index in [1.165, 1.54) is 19.3 Å². The van der Waals surface area contributed by atoms with Crippen LogP contribution in [0.5, 0.6) is 0 Å². The molecule has 1 aliphatic heterocycles. The minimum Gasteiger partial charge on any atom is -0.480 e. The highest BCUT2D eigenvalue weighted by atomic mass is 16.4. The number of nitrogens with zero attached hydrogens (tertiary/aromatic N) is 1. The maximum Gasteiger partial charge on any atom is 0.323 e. The summed E-state index contributed by atoms with van der Waals surface area (Å²) in [5.74, 6) is 0.728. The Morgan fingerprint density at radius 1 is 1.42 bits per heavy atom. The number of rotatable bonds is 6. The van der Waals surface area contributed by atoms with Crippen LogP contribution >= 0.6 is 0 Å². The number of hydrogen-bond donors (Lipinski definition) is 2. The van der Waals surface area contributed by atoms with Gasteiger partial charge in [0.1, 0.15) is 5.54 Å². The van der Waals surface area contributed by atoms with Gasteiger partial charge in [-0.3, -0.25) is 4.79 Å². The molecule has 19 heavy (non-hydrogen) atoms. The highest BCUT2D eigenvalue weighted by Gasteiger charge is 2.27. The fourth-order valence-corrected chi connectivity index (χ4v) is 2.85. The monoisotopic (exact) mass is 270 g/mol. The lowest BCUT2D eigenvalue weighted by Gasteiger charge is -2.24. The van der Waals surface area contributed by atoms with Crippen molar-refractivity contribution < 1.29 is 9.90 Å². The van der Waals surface area contributed by atoms with E-state index in [9.17, 15) is 4.79 Å². The van der Waals surface area contributed by atoms with Crippen molar-refractivity contribution in [1.29, 1.82) is 0 Å². The van der Waals surface area contributed by atoms with Crippen LogP contribution < -0.4 is 5.73 Å². The van der Waals surface area contributed by atoms with Gasteiger partial charge in [0.15, 0.2) is 0 Å². The van der Waals surface area contributed by atoms with Gasteiger partial charge in [0.2, 0.25) is 0 Å². The maximum absolute atomic E-state index is 10.9. The van der Waals surface area contributed by atoms with E-state index in [-0.39, 0.29) is 0 Å². The summed E-state index contributed by atoms with van der Waals surface area (Å²) in [5.41, 5.74) is 4.67. The van der Waals surface area contributed by atoms with Gasteiger partial charge in [-0.25, -0.2) is 0 Å². The average Bonchev–Trinajstić information content (AvgIpc) is 2.54. The Morgan fingerprint density at radius 3 is 2.68 bits per heavy atom. The van der Waals surface area contributed by atoms with E-state index < -0.39 is 11.5 Å². The highest BCUT2D eigenvalue weighted by molar-refractivity contribution is 5.77. The van der Waals surface area contributed by atoms with Crippen LogP contribution in [0.25, 0.3) is 0 Å². The summed E-state index contributed by atoms with van der Waals surface area (Å²) in [5, 5.41) is 8.98. The van der Waals surface area contributed by atoms with E-state index in [0.29, 0.717) is 6.42 Å². The number of nitrogens with two attached hydrogens (primary N) is 1. The zero-order valence-corrected chi connectivity index (χ0v) is 12.7. The topological polar surface area (TPSA) is 66.6 Å². The molecule has 0 aromatic heterocycles. The van der Waals surface area contributed by atoms with E-state index in [1.54, 1.807) is 6.92 Å². The molecule has 1 rings (SSSR count). The number of likely N-dealkylation sites (tertiary alicyclic amines) is 1. The lowest BCUT2D eigenvalue weighted by molar-refractivity contribution is -0.142. The molecule has 0 bridgehead atoms. The van der Waals surface area contributed by atoms with Crippen molar-refractivity contribution in [3.63, 3.8) is 0 Å². The molecule has 2 atom stereocenters. The minimum atomic E-state index is -1.08. The highest BCUT2D eigenvalue weighted by Crippen LogP contribution is 2.24. The van der Waals surface area contributed by atoms with Crippen LogP contribution in [-0.2, 0) is 4.79 Å². The lowest BCUT2D eigenvalue weighted by Crippen LogP contribution is -2.45. The van der Waals surface area contributed by atoms with Crippen molar-refractivity contribution in [2.24, 2.45) is 17.6 Å². The number of carboxylic acids is 1. The smallest absolute Gasteiger partial charge is 0.323 e. The molecule has 1 saturated heterocycles. The predicted octanol–water partition coefficient (Wildman–Crippen LogP) is 2.33. The quantitative estimate of drug-likeness (QED) is 0.777. The number of carboxylic acid groups (broad SMARTS) is 1. The Morgan fingerprint density at radius 2 is 2.11 bits per heavy atom. The van der Waals surface area contributed by atoms with Gasteiger partial charge in [-0.15, -0.1) is 0 Å². The van der Waals surface area contributed by atoms with Crippen molar-refractivity contribution in [3.05, 3.63) is 0 Å². The van der Waals surface area contributed by atoms with Crippen LogP contribution in [0, 0.1) is 11.8 Å². The first-order valence-corrected chi connectivity index (χ1v) is 7.57. The maximum atomic E-state index is 10.9. The van der Waals surface area contributed by atoms with Gasteiger partial charge in [0.25, 0.3) is 0 Å². The van der Waals surface area contributed by atoms with Crippen molar-refractivity contribution in [3.8, 4) is 0 Å². The third kappa shape index (κ3) is 5.49. The van der Waals surface area contributed by atoms with Crippen LogP contribution in [-0.4, -0.2) is 41.1 Å². The first-order valence-electron chi connectivity index (χ1n) is 7.57. The molecule has 0 amide bonds. The van der Waals surface area contributed by atoms with E-state index in [0.717, 1.165) is 37.9 Å². The van der Waals surface area contributed by atoms with Gasteiger partial charge >= 0.3 is 5.97 Å². The summed E-state index contributed by atoms with van der Waals surface area (Å²) in [4.78, 5) is 13.4. The predicted molar refractivity (Wildman–Crippen MR) is 78.1 cm³/mol. The van der Waals surface area contributed by atoms with Crippen LogP contribution in [0.1, 0.15) is 52.9 Å². The molecule has 2 unspecified atom stereocenters. The molecule has 4 nitrogen and oxygen atoms in total. The van der Waals surface area contributed by atoms with Crippen LogP contribution in [0.3, 0.4) is 0 Å². The molecular formula is C15H30N2O2. The largest absolute Gasteiger partial charge is 0.480 e. The molecule has 0 aliphatic carbocycles. The summed E-state index contributed by atoms with van der Waals surface area (Å²) >= 11 is 0. The van der Waals surface area contributed by atoms with Gasteiger partial charge in [-0.1, -0.05) is 13.8 Å². The van der Waals surface area contributed by atoms with Crippen molar-refractivity contribution >= 4 is 5.97 Å². The minimum absolute atomic E-state index is 0.548. The van der Waals surface area contributed by atoms with Gasteiger partial charge in [-0.05, 0) is 70.5 Å². The van der Waals surface area contributed by atoms with Crippen molar-refractivity contribution in [2.75, 3.05) is 19.6 Å². The third-order valence-electron chi connectivity index (χ3n) is 4.47. The molecule has 1 fully saturated rings. The second kappa shape index (κ2) is 7.25. The molecule has 4 heteroatoms. The standard InChI is InChI=1S/C15H30N2O2/c1-12(2)13-6-4-9-17(11-7-13)10-5-8-15(3,16)14(18)19/h12-13H,4-11,16H2,1-3H3,(H,18,19). The second-order valence-electron chi connectivity index (χ2n) is 6.60. The first-order chi connectivity index (χ1) is 8.83. The summed E-state index contributed by atoms with van der Waals surface area (Å²) in [7, 11) is 0. The zero-order chi connectivity index (χ0) is 14.5. The normalized spacial score (nSPS) is 25.0. The first kappa shape index (κ1) is 16.4. The summed E-state index contributed by atoms with van der Waals surface area (Å²) in [6, 6.07) is 0. The molecule has 0 radical (unpaired) electrons. The number of carbonyl (C=O) groups is 1. The summed E-state index contributed by atoms with van der Waals surface area (Å²) < 4.78 is 0. The molecule has 1 heterocycles. The van der Waals surface area contributed by atoms with Crippen LogP contribution in [0.2, 0.25) is 0 Å². The Labute approximate surface area is 117 Å². The van der Waals surface area contributed by atoms with Gasteiger partial charge in [0, 0.05) is 0 Å². The van der Waals surface area contributed by atoms with Gasteiger partial charge < -0.3 is 15.7 Å². The molecule has 3 N–H and O–H groups in total. The molecule has 0 saturated carbocycles. The Balaban J connectivity index is 2.29. The third-order valence-corrected chi connectivity index (χ3v) is 4.47. The Hall–Kier alpha value is -0.610.